The number of nitrogens with one attached hydrogen (secondary N) is 1. The van der Waals surface area contributed by atoms with Gasteiger partial charge in [-0.15, -0.1) is 0 Å². The molecule has 2 aliphatic heterocycles. The predicted molar refractivity (Wildman–Crippen MR) is 115 cm³/mol. The number of aryl methyl sites for hydroxylation is 1. The number of pyridine rings is 1. The van der Waals surface area contributed by atoms with Crippen LogP contribution in [0.4, 0.5) is 35.2 Å². The molecule has 4 heterocycles. The minimum Gasteiger partial charge on any atom is -0.366 e. The standard InChI is InChI=1S/C22H21F3N6O/c1-29-12-16(11-26-29)27-21(32)31-17-6-3-9-30(13-17)19-8-7-18(28-20(19)31)14-4-2-5-15(10-14)22(23,24)25/h2,4-5,7-8,10-12,17H,3,6,9,13H2,1H3,(H,27,32)/t17-/m0/s1. The second-order valence-corrected chi connectivity index (χ2v) is 8.06. The highest BCUT2D eigenvalue weighted by Gasteiger charge is 2.38. The van der Waals surface area contributed by atoms with Crippen molar-refractivity contribution < 1.29 is 18.0 Å². The van der Waals surface area contributed by atoms with Crippen LogP contribution < -0.4 is 15.1 Å². The minimum absolute atomic E-state index is 0.0721. The van der Waals surface area contributed by atoms with Gasteiger partial charge in [-0.1, -0.05) is 12.1 Å². The van der Waals surface area contributed by atoms with Crippen molar-refractivity contribution >= 4 is 23.2 Å². The van der Waals surface area contributed by atoms with Gasteiger partial charge in [-0.3, -0.25) is 9.58 Å². The number of hydrogen-bond donors (Lipinski definition) is 1. The molecule has 0 saturated carbocycles. The molecule has 32 heavy (non-hydrogen) atoms. The van der Waals surface area contributed by atoms with E-state index in [1.165, 1.54) is 6.07 Å². The molecule has 5 rings (SSSR count). The van der Waals surface area contributed by atoms with E-state index in [9.17, 15) is 18.0 Å². The highest BCUT2D eigenvalue weighted by Crippen LogP contribution is 2.40. The van der Waals surface area contributed by atoms with E-state index in [-0.39, 0.29) is 12.1 Å². The Kier molecular flexibility index (Phi) is 4.79. The maximum absolute atomic E-state index is 13.2. The SMILES string of the molecule is Cn1cc(NC(=O)N2c3nc(-c4cccc(C(F)(F)F)c4)ccc3N3CCC[C@H]2C3)cn1. The molecule has 2 amide bonds. The Morgan fingerprint density at radius 1 is 1.22 bits per heavy atom. The molecule has 0 spiro atoms. The van der Waals surface area contributed by atoms with E-state index in [0.29, 0.717) is 29.3 Å². The van der Waals surface area contributed by atoms with Gasteiger partial charge in [0.1, 0.15) is 0 Å². The Hall–Kier alpha value is -3.56. The second-order valence-electron chi connectivity index (χ2n) is 8.06. The van der Waals surface area contributed by atoms with Gasteiger partial charge in [0, 0.05) is 31.9 Å². The average molecular weight is 442 g/mol. The predicted octanol–water partition coefficient (Wildman–Crippen LogP) is 4.52. The van der Waals surface area contributed by atoms with E-state index in [4.69, 9.17) is 0 Å². The molecule has 1 N–H and O–H groups in total. The number of benzene rings is 1. The number of nitrogens with zero attached hydrogens (tertiary/aromatic N) is 5. The van der Waals surface area contributed by atoms with Crippen LogP contribution in [0, 0.1) is 0 Å². The van der Waals surface area contributed by atoms with Crippen LogP contribution in [0.3, 0.4) is 0 Å². The topological polar surface area (TPSA) is 66.3 Å². The second kappa shape index (κ2) is 7.54. The first-order chi connectivity index (χ1) is 15.3. The summed E-state index contributed by atoms with van der Waals surface area (Å²) in [6, 6.07) is 8.21. The summed E-state index contributed by atoms with van der Waals surface area (Å²) in [5.74, 6) is 0.456. The van der Waals surface area contributed by atoms with Gasteiger partial charge in [0.05, 0.1) is 34.9 Å². The molecule has 166 valence electrons. The molecule has 0 unspecified atom stereocenters. The first-order valence-electron chi connectivity index (χ1n) is 10.3. The monoisotopic (exact) mass is 442 g/mol. The lowest BCUT2D eigenvalue weighted by Crippen LogP contribution is -2.56. The van der Waals surface area contributed by atoms with E-state index >= 15 is 0 Å². The van der Waals surface area contributed by atoms with Crippen LogP contribution in [0.2, 0.25) is 0 Å². The number of alkyl halides is 3. The number of hydrogen-bond acceptors (Lipinski definition) is 4. The molecule has 0 aliphatic carbocycles. The van der Waals surface area contributed by atoms with Gasteiger partial charge in [-0.2, -0.15) is 18.3 Å². The van der Waals surface area contributed by atoms with E-state index in [2.05, 4.69) is 20.3 Å². The highest BCUT2D eigenvalue weighted by molar-refractivity contribution is 6.04. The number of piperidine rings is 1. The largest absolute Gasteiger partial charge is 0.416 e. The van der Waals surface area contributed by atoms with Crippen LogP contribution in [0.25, 0.3) is 11.3 Å². The van der Waals surface area contributed by atoms with Gasteiger partial charge >= 0.3 is 12.2 Å². The molecular weight excluding hydrogens is 421 g/mol. The number of amides is 2. The highest BCUT2D eigenvalue weighted by atomic mass is 19.4. The molecule has 1 saturated heterocycles. The fraction of sp³-hybridized carbons (Fsp3) is 0.318. The van der Waals surface area contributed by atoms with Crippen LogP contribution in [0.1, 0.15) is 18.4 Å². The Morgan fingerprint density at radius 2 is 2.06 bits per heavy atom. The normalized spacial score (nSPS) is 17.8. The zero-order chi connectivity index (χ0) is 22.5. The molecule has 7 nitrogen and oxygen atoms in total. The molecule has 1 atom stereocenters. The number of fused-ring (bicyclic) bond motifs is 4. The van der Waals surface area contributed by atoms with Crippen LogP contribution in [0.15, 0.2) is 48.8 Å². The lowest BCUT2D eigenvalue weighted by atomic mass is 9.99. The first-order valence-corrected chi connectivity index (χ1v) is 10.3. The first kappa shape index (κ1) is 20.3. The average Bonchev–Trinajstić information content (AvgIpc) is 3.17. The molecule has 2 aliphatic rings. The summed E-state index contributed by atoms with van der Waals surface area (Å²) in [5, 5.41) is 6.93. The molecule has 1 aromatic carbocycles. The Labute approximate surface area is 182 Å². The number of aromatic nitrogens is 3. The summed E-state index contributed by atoms with van der Waals surface area (Å²) in [6.45, 7) is 1.55. The van der Waals surface area contributed by atoms with Crippen LogP contribution >= 0.6 is 0 Å². The summed E-state index contributed by atoms with van der Waals surface area (Å²) in [7, 11) is 1.76. The number of rotatable bonds is 2. The minimum atomic E-state index is -4.44. The summed E-state index contributed by atoms with van der Waals surface area (Å²) in [4.78, 5) is 21.7. The number of anilines is 3. The van der Waals surface area contributed by atoms with Crippen LogP contribution in [-0.4, -0.2) is 39.9 Å². The van der Waals surface area contributed by atoms with Crippen LogP contribution in [0.5, 0.6) is 0 Å². The smallest absolute Gasteiger partial charge is 0.366 e. The molecule has 3 aromatic rings. The molecular formula is C22H21F3N6O. The van der Waals surface area contributed by atoms with Crippen molar-refractivity contribution in [2.75, 3.05) is 28.2 Å². The van der Waals surface area contributed by atoms with Crippen molar-refractivity contribution in [3.05, 3.63) is 54.4 Å². The Morgan fingerprint density at radius 3 is 2.81 bits per heavy atom. The third-order valence-corrected chi connectivity index (χ3v) is 5.85. The summed E-state index contributed by atoms with van der Waals surface area (Å²) in [6.07, 6.45) is 0.579. The zero-order valence-electron chi connectivity index (χ0n) is 17.3. The zero-order valence-corrected chi connectivity index (χ0v) is 17.3. The van der Waals surface area contributed by atoms with E-state index in [0.717, 1.165) is 37.2 Å². The maximum Gasteiger partial charge on any atom is 0.416 e. The third kappa shape index (κ3) is 3.65. The maximum atomic E-state index is 13.2. The van der Waals surface area contributed by atoms with Crippen molar-refractivity contribution in [1.29, 1.82) is 0 Å². The van der Waals surface area contributed by atoms with Gasteiger partial charge in [0.25, 0.3) is 0 Å². The molecule has 2 bridgehead atoms. The van der Waals surface area contributed by atoms with Gasteiger partial charge in [0.2, 0.25) is 0 Å². The van der Waals surface area contributed by atoms with Crippen LogP contribution in [-0.2, 0) is 13.2 Å². The number of urea groups is 1. The van der Waals surface area contributed by atoms with Crippen molar-refractivity contribution in [2.24, 2.45) is 7.05 Å². The lowest BCUT2D eigenvalue weighted by Gasteiger charge is -2.45. The van der Waals surface area contributed by atoms with Crippen molar-refractivity contribution in [2.45, 2.75) is 25.1 Å². The van der Waals surface area contributed by atoms with Gasteiger partial charge < -0.3 is 10.2 Å². The number of carbonyl (C=O) groups excluding carboxylic acids is 1. The third-order valence-electron chi connectivity index (χ3n) is 5.85. The summed E-state index contributed by atoms with van der Waals surface area (Å²) in [5.41, 5.74) is 1.36. The fourth-order valence-corrected chi connectivity index (χ4v) is 4.37. The van der Waals surface area contributed by atoms with Crippen molar-refractivity contribution in [1.82, 2.24) is 14.8 Å². The van der Waals surface area contributed by atoms with Crippen molar-refractivity contribution in [3.63, 3.8) is 0 Å². The Balaban J connectivity index is 1.55. The number of carbonyl (C=O) groups is 1. The van der Waals surface area contributed by atoms with E-state index < -0.39 is 11.7 Å². The van der Waals surface area contributed by atoms with E-state index in [1.807, 2.05) is 6.07 Å². The van der Waals surface area contributed by atoms with Gasteiger partial charge in [-0.05, 0) is 37.1 Å². The van der Waals surface area contributed by atoms with Crippen molar-refractivity contribution in [3.8, 4) is 11.3 Å². The van der Waals surface area contributed by atoms with Gasteiger partial charge in [-0.25, -0.2) is 9.78 Å². The van der Waals surface area contributed by atoms with E-state index in [1.54, 1.807) is 41.2 Å². The molecule has 10 heteroatoms. The number of halogens is 3. The fourth-order valence-electron chi connectivity index (χ4n) is 4.37. The quantitative estimate of drug-likeness (QED) is 0.634. The molecule has 2 aromatic heterocycles. The summed E-state index contributed by atoms with van der Waals surface area (Å²) >= 11 is 0. The summed E-state index contributed by atoms with van der Waals surface area (Å²) < 4.78 is 41.2. The Bertz CT molecular complexity index is 1170. The molecule has 1 fully saturated rings. The molecule has 0 radical (unpaired) electrons. The van der Waals surface area contributed by atoms with Gasteiger partial charge in [0.15, 0.2) is 5.82 Å². The lowest BCUT2D eigenvalue weighted by molar-refractivity contribution is -0.137.